The van der Waals surface area contributed by atoms with E-state index in [4.69, 9.17) is 16.3 Å². The van der Waals surface area contributed by atoms with Crippen molar-refractivity contribution >= 4 is 23.5 Å². The van der Waals surface area contributed by atoms with Gasteiger partial charge in [0.15, 0.2) is 6.29 Å². The molecule has 0 aliphatic rings. The SMILES string of the molecule is Cc1cccn2c(=O)c(C=O)c(Oc3ccc(Cl)cc3)nc12. The number of ether oxygens (including phenoxy) is 1. The van der Waals surface area contributed by atoms with E-state index in [9.17, 15) is 9.59 Å². The zero-order valence-corrected chi connectivity index (χ0v) is 12.4. The monoisotopic (exact) mass is 314 g/mol. The molecule has 0 saturated carbocycles. The molecule has 0 fully saturated rings. The van der Waals surface area contributed by atoms with Crippen LogP contribution in [0.25, 0.3) is 5.65 Å². The number of aldehydes is 1. The van der Waals surface area contributed by atoms with Gasteiger partial charge in [-0.05, 0) is 42.8 Å². The summed E-state index contributed by atoms with van der Waals surface area (Å²) in [6.07, 6.45) is 2.02. The van der Waals surface area contributed by atoms with Gasteiger partial charge in [0.1, 0.15) is 17.0 Å². The highest BCUT2D eigenvalue weighted by Gasteiger charge is 2.15. The quantitative estimate of drug-likeness (QED) is 0.696. The Bertz CT molecular complexity index is 917. The minimum Gasteiger partial charge on any atom is -0.438 e. The number of pyridine rings is 1. The zero-order valence-electron chi connectivity index (χ0n) is 11.6. The summed E-state index contributed by atoms with van der Waals surface area (Å²) < 4.78 is 6.91. The molecule has 3 aromatic rings. The molecule has 0 atom stereocenters. The number of hydrogen-bond donors (Lipinski definition) is 0. The lowest BCUT2D eigenvalue weighted by atomic mass is 10.2. The first-order valence-corrected chi connectivity index (χ1v) is 6.88. The number of fused-ring (bicyclic) bond motifs is 1. The first-order chi connectivity index (χ1) is 10.6. The molecule has 22 heavy (non-hydrogen) atoms. The third kappa shape index (κ3) is 2.46. The van der Waals surface area contributed by atoms with Crippen LogP contribution in [0.2, 0.25) is 5.02 Å². The van der Waals surface area contributed by atoms with Crippen molar-refractivity contribution in [1.82, 2.24) is 9.38 Å². The van der Waals surface area contributed by atoms with Gasteiger partial charge in [0, 0.05) is 11.2 Å². The second-order valence-electron chi connectivity index (χ2n) is 4.69. The standard InChI is InChI=1S/C16H11ClN2O3/c1-10-3-2-8-19-14(10)18-15(13(9-20)16(19)21)22-12-6-4-11(17)5-7-12/h2-9H,1H3. The highest BCUT2D eigenvalue weighted by Crippen LogP contribution is 2.23. The Balaban J connectivity index is 2.20. The van der Waals surface area contributed by atoms with Crippen LogP contribution in [0.3, 0.4) is 0 Å². The number of nitrogens with zero attached hydrogens (tertiary/aromatic N) is 2. The third-order valence-electron chi connectivity index (χ3n) is 3.20. The molecule has 3 rings (SSSR count). The van der Waals surface area contributed by atoms with Crippen molar-refractivity contribution in [1.29, 1.82) is 0 Å². The van der Waals surface area contributed by atoms with Gasteiger partial charge in [0.05, 0.1) is 0 Å². The molecule has 110 valence electrons. The molecule has 5 nitrogen and oxygen atoms in total. The molecule has 0 amide bonds. The maximum atomic E-state index is 12.4. The number of aromatic nitrogens is 2. The molecule has 0 aliphatic carbocycles. The van der Waals surface area contributed by atoms with Crippen LogP contribution >= 0.6 is 11.6 Å². The summed E-state index contributed by atoms with van der Waals surface area (Å²) >= 11 is 5.82. The Morgan fingerprint density at radius 1 is 1.23 bits per heavy atom. The number of aryl methyl sites for hydroxylation is 1. The fourth-order valence-electron chi connectivity index (χ4n) is 2.09. The van der Waals surface area contributed by atoms with E-state index in [-0.39, 0.29) is 11.4 Å². The molecule has 2 aromatic heterocycles. The van der Waals surface area contributed by atoms with Gasteiger partial charge in [0.2, 0.25) is 5.88 Å². The summed E-state index contributed by atoms with van der Waals surface area (Å²) in [6.45, 7) is 1.83. The number of benzene rings is 1. The Hall–Kier alpha value is -2.66. The van der Waals surface area contributed by atoms with Gasteiger partial charge in [-0.15, -0.1) is 0 Å². The highest BCUT2D eigenvalue weighted by molar-refractivity contribution is 6.30. The van der Waals surface area contributed by atoms with E-state index in [1.165, 1.54) is 4.40 Å². The van der Waals surface area contributed by atoms with E-state index in [0.29, 0.717) is 22.7 Å². The lowest BCUT2D eigenvalue weighted by Gasteiger charge is -2.10. The van der Waals surface area contributed by atoms with Gasteiger partial charge < -0.3 is 4.74 Å². The molecule has 0 unspecified atom stereocenters. The summed E-state index contributed by atoms with van der Waals surface area (Å²) in [4.78, 5) is 27.9. The summed E-state index contributed by atoms with van der Waals surface area (Å²) in [5, 5.41) is 0.561. The smallest absolute Gasteiger partial charge is 0.272 e. The van der Waals surface area contributed by atoms with E-state index >= 15 is 0 Å². The minimum absolute atomic E-state index is 0.0170. The van der Waals surface area contributed by atoms with Gasteiger partial charge in [-0.25, -0.2) is 0 Å². The van der Waals surface area contributed by atoms with Crippen LogP contribution in [-0.4, -0.2) is 15.7 Å². The Labute approximate surface area is 130 Å². The van der Waals surface area contributed by atoms with E-state index in [1.54, 1.807) is 36.5 Å². The molecule has 6 heteroatoms. The van der Waals surface area contributed by atoms with Crippen LogP contribution < -0.4 is 10.3 Å². The fraction of sp³-hybridized carbons (Fsp3) is 0.0625. The number of carbonyl (C=O) groups excluding carboxylic acids is 1. The number of hydrogen-bond acceptors (Lipinski definition) is 4. The second kappa shape index (κ2) is 5.61. The molecular weight excluding hydrogens is 304 g/mol. The normalized spacial score (nSPS) is 10.6. The van der Waals surface area contributed by atoms with E-state index in [1.807, 2.05) is 13.0 Å². The van der Waals surface area contributed by atoms with Gasteiger partial charge in [0.25, 0.3) is 5.56 Å². The molecule has 0 spiro atoms. The highest BCUT2D eigenvalue weighted by atomic mass is 35.5. The van der Waals surface area contributed by atoms with Crippen LogP contribution in [0.1, 0.15) is 15.9 Å². The van der Waals surface area contributed by atoms with Gasteiger partial charge in [-0.2, -0.15) is 4.98 Å². The number of rotatable bonds is 3. The summed E-state index contributed by atoms with van der Waals surface area (Å²) in [5.41, 5.74) is 0.658. The predicted octanol–water partition coefficient (Wildman–Crippen LogP) is 3.26. The molecule has 0 radical (unpaired) electrons. The third-order valence-corrected chi connectivity index (χ3v) is 3.45. The topological polar surface area (TPSA) is 60.7 Å². The Morgan fingerprint density at radius 3 is 2.64 bits per heavy atom. The molecule has 0 bridgehead atoms. The van der Waals surface area contributed by atoms with Gasteiger partial charge in [-0.1, -0.05) is 17.7 Å². The van der Waals surface area contributed by atoms with Crippen LogP contribution in [0, 0.1) is 6.92 Å². The van der Waals surface area contributed by atoms with Crippen molar-refractivity contribution in [2.75, 3.05) is 0 Å². The average molecular weight is 315 g/mol. The Morgan fingerprint density at radius 2 is 1.95 bits per heavy atom. The van der Waals surface area contributed by atoms with Crippen LogP contribution in [0.4, 0.5) is 0 Å². The van der Waals surface area contributed by atoms with Crippen molar-refractivity contribution < 1.29 is 9.53 Å². The molecule has 0 aliphatic heterocycles. The number of carbonyl (C=O) groups is 1. The van der Waals surface area contributed by atoms with Crippen molar-refractivity contribution in [3.05, 3.63) is 69.1 Å². The largest absolute Gasteiger partial charge is 0.438 e. The second-order valence-corrected chi connectivity index (χ2v) is 5.13. The maximum Gasteiger partial charge on any atom is 0.272 e. The van der Waals surface area contributed by atoms with Crippen LogP contribution in [-0.2, 0) is 0 Å². The first-order valence-electron chi connectivity index (χ1n) is 6.51. The van der Waals surface area contributed by atoms with E-state index < -0.39 is 5.56 Å². The van der Waals surface area contributed by atoms with E-state index in [2.05, 4.69) is 4.98 Å². The van der Waals surface area contributed by atoms with Crippen molar-refractivity contribution in [2.45, 2.75) is 6.92 Å². The lowest BCUT2D eigenvalue weighted by molar-refractivity contribution is 0.111. The molecule has 0 N–H and O–H groups in total. The average Bonchev–Trinajstić information content (AvgIpc) is 2.51. The number of halogens is 1. The minimum atomic E-state index is -0.465. The van der Waals surface area contributed by atoms with Gasteiger partial charge in [-0.3, -0.25) is 14.0 Å². The van der Waals surface area contributed by atoms with Crippen molar-refractivity contribution in [3.63, 3.8) is 0 Å². The first kappa shape index (κ1) is 14.3. The van der Waals surface area contributed by atoms with Crippen molar-refractivity contribution in [2.24, 2.45) is 0 Å². The van der Waals surface area contributed by atoms with Crippen molar-refractivity contribution in [3.8, 4) is 11.6 Å². The van der Waals surface area contributed by atoms with Crippen LogP contribution in [0.5, 0.6) is 11.6 Å². The van der Waals surface area contributed by atoms with E-state index in [0.717, 1.165) is 5.56 Å². The fourth-order valence-corrected chi connectivity index (χ4v) is 2.21. The van der Waals surface area contributed by atoms with Crippen LogP contribution in [0.15, 0.2) is 47.4 Å². The summed E-state index contributed by atoms with van der Waals surface area (Å²) in [6, 6.07) is 10.1. The van der Waals surface area contributed by atoms with Gasteiger partial charge >= 0.3 is 0 Å². The Kier molecular flexibility index (Phi) is 3.65. The lowest BCUT2D eigenvalue weighted by Crippen LogP contribution is -2.21. The molecule has 1 aromatic carbocycles. The maximum absolute atomic E-state index is 12.4. The predicted molar refractivity (Wildman–Crippen MR) is 83.1 cm³/mol. The zero-order chi connectivity index (χ0) is 15.7. The molecule has 2 heterocycles. The summed E-state index contributed by atoms with van der Waals surface area (Å²) in [5.74, 6) is 0.425. The summed E-state index contributed by atoms with van der Waals surface area (Å²) in [7, 11) is 0. The molecule has 0 saturated heterocycles. The molecular formula is C16H11ClN2O3.